The standard InChI is InChI=1S/C16H23NO2S/c1-12-4-3-5-14(10-12)13(2)11-17-15(18)16(19)6-8-20-9-7-16/h3-5,10,13,19H,6-9,11H2,1-2H3,(H,17,18). The van der Waals surface area contributed by atoms with Gasteiger partial charge in [-0.05, 0) is 42.8 Å². The third-order valence-corrected chi connectivity index (χ3v) is 4.91. The normalized spacial score (nSPS) is 19.4. The Morgan fingerprint density at radius 1 is 1.45 bits per heavy atom. The van der Waals surface area contributed by atoms with Crippen LogP contribution in [0.3, 0.4) is 0 Å². The van der Waals surface area contributed by atoms with Crippen molar-refractivity contribution < 1.29 is 9.90 Å². The molecule has 1 atom stereocenters. The highest BCUT2D eigenvalue weighted by Crippen LogP contribution is 2.27. The van der Waals surface area contributed by atoms with Gasteiger partial charge in [-0.1, -0.05) is 36.8 Å². The van der Waals surface area contributed by atoms with Gasteiger partial charge in [-0.2, -0.15) is 11.8 Å². The number of amides is 1. The molecule has 1 aliphatic heterocycles. The number of aliphatic hydroxyl groups is 1. The van der Waals surface area contributed by atoms with Crippen molar-refractivity contribution in [3.05, 3.63) is 35.4 Å². The summed E-state index contributed by atoms with van der Waals surface area (Å²) in [6, 6.07) is 8.32. The topological polar surface area (TPSA) is 49.3 Å². The Balaban J connectivity index is 1.89. The van der Waals surface area contributed by atoms with Gasteiger partial charge < -0.3 is 10.4 Å². The molecule has 0 radical (unpaired) electrons. The van der Waals surface area contributed by atoms with E-state index in [1.807, 2.05) is 6.07 Å². The van der Waals surface area contributed by atoms with Gasteiger partial charge >= 0.3 is 0 Å². The third kappa shape index (κ3) is 3.76. The smallest absolute Gasteiger partial charge is 0.252 e. The van der Waals surface area contributed by atoms with E-state index < -0.39 is 5.60 Å². The molecular formula is C16H23NO2S. The first-order valence-corrected chi connectivity index (χ1v) is 8.32. The van der Waals surface area contributed by atoms with Gasteiger partial charge in [0.1, 0.15) is 5.60 Å². The number of nitrogens with one attached hydrogen (secondary N) is 1. The maximum absolute atomic E-state index is 12.2. The summed E-state index contributed by atoms with van der Waals surface area (Å²) in [6.45, 7) is 4.73. The van der Waals surface area contributed by atoms with Crippen LogP contribution >= 0.6 is 11.8 Å². The first kappa shape index (κ1) is 15.4. The average molecular weight is 293 g/mol. The first-order valence-electron chi connectivity index (χ1n) is 7.16. The van der Waals surface area contributed by atoms with Crippen LogP contribution in [0.15, 0.2) is 24.3 Å². The van der Waals surface area contributed by atoms with E-state index in [9.17, 15) is 9.90 Å². The predicted octanol–water partition coefficient (Wildman–Crippen LogP) is 2.47. The van der Waals surface area contributed by atoms with E-state index in [0.717, 1.165) is 11.5 Å². The number of hydrogen-bond donors (Lipinski definition) is 2. The minimum absolute atomic E-state index is 0.211. The highest BCUT2D eigenvalue weighted by Gasteiger charge is 2.37. The monoisotopic (exact) mass is 293 g/mol. The number of hydrogen-bond acceptors (Lipinski definition) is 3. The Kier molecular flexibility index (Phi) is 5.11. The lowest BCUT2D eigenvalue weighted by Gasteiger charge is -2.30. The SMILES string of the molecule is Cc1cccc(C(C)CNC(=O)C2(O)CCSCC2)c1. The zero-order valence-electron chi connectivity index (χ0n) is 12.2. The molecule has 1 amide bonds. The van der Waals surface area contributed by atoms with Gasteiger partial charge in [0.25, 0.3) is 5.91 Å². The summed E-state index contributed by atoms with van der Waals surface area (Å²) in [5.41, 5.74) is 1.29. The van der Waals surface area contributed by atoms with Crippen LogP contribution < -0.4 is 5.32 Å². The number of aryl methyl sites for hydroxylation is 1. The molecule has 1 saturated heterocycles. The molecule has 3 nitrogen and oxygen atoms in total. The maximum Gasteiger partial charge on any atom is 0.252 e. The Hall–Kier alpha value is -1.00. The van der Waals surface area contributed by atoms with Crippen LogP contribution in [0.2, 0.25) is 0 Å². The van der Waals surface area contributed by atoms with Gasteiger partial charge in [-0.15, -0.1) is 0 Å². The summed E-state index contributed by atoms with van der Waals surface area (Å²) in [6.07, 6.45) is 1.12. The Morgan fingerprint density at radius 2 is 2.15 bits per heavy atom. The summed E-state index contributed by atoms with van der Waals surface area (Å²) in [4.78, 5) is 12.2. The van der Waals surface area contributed by atoms with E-state index in [2.05, 4.69) is 37.4 Å². The van der Waals surface area contributed by atoms with E-state index in [1.165, 1.54) is 11.1 Å². The summed E-state index contributed by atoms with van der Waals surface area (Å²) < 4.78 is 0. The molecule has 2 rings (SSSR count). The second-order valence-corrected chi connectivity index (χ2v) is 6.89. The fourth-order valence-electron chi connectivity index (χ4n) is 2.44. The quantitative estimate of drug-likeness (QED) is 0.896. The van der Waals surface area contributed by atoms with E-state index in [0.29, 0.717) is 19.4 Å². The second kappa shape index (κ2) is 6.64. The molecule has 1 aromatic rings. The number of carbonyl (C=O) groups is 1. The zero-order valence-corrected chi connectivity index (χ0v) is 13.0. The molecule has 0 aromatic heterocycles. The van der Waals surface area contributed by atoms with Gasteiger partial charge in [0.2, 0.25) is 0 Å². The second-order valence-electron chi connectivity index (χ2n) is 5.67. The van der Waals surface area contributed by atoms with Crippen LogP contribution in [0.5, 0.6) is 0 Å². The lowest BCUT2D eigenvalue weighted by Crippen LogP contribution is -2.49. The van der Waals surface area contributed by atoms with E-state index in [4.69, 9.17) is 0 Å². The van der Waals surface area contributed by atoms with Gasteiger partial charge in [0, 0.05) is 6.54 Å². The molecule has 4 heteroatoms. The van der Waals surface area contributed by atoms with Crippen molar-refractivity contribution >= 4 is 17.7 Å². The van der Waals surface area contributed by atoms with Crippen molar-refractivity contribution in [3.8, 4) is 0 Å². The Bertz CT molecular complexity index is 469. The van der Waals surface area contributed by atoms with Crippen molar-refractivity contribution in [2.24, 2.45) is 0 Å². The number of thioether (sulfide) groups is 1. The summed E-state index contributed by atoms with van der Waals surface area (Å²) >= 11 is 1.80. The van der Waals surface area contributed by atoms with Crippen molar-refractivity contribution in [2.45, 2.75) is 38.2 Å². The molecule has 1 aromatic carbocycles. The molecule has 110 valence electrons. The molecule has 0 saturated carbocycles. The number of carbonyl (C=O) groups excluding carboxylic acids is 1. The van der Waals surface area contributed by atoms with Crippen LogP contribution in [0, 0.1) is 6.92 Å². The molecular weight excluding hydrogens is 270 g/mol. The van der Waals surface area contributed by atoms with Gasteiger partial charge in [0.05, 0.1) is 0 Å². The van der Waals surface area contributed by atoms with E-state index in [1.54, 1.807) is 11.8 Å². The maximum atomic E-state index is 12.2. The van der Waals surface area contributed by atoms with E-state index in [-0.39, 0.29) is 11.8 Å². The van der Waals surface area contributed by atoms with Crippen LogP contribution in [0.25, 0.3) is 0 Å². The lowest BCUT2D eigenvalue weighted by atomic mass is 9.94. The van der Waals surface area contributed by atoms with Gasteiger partial charge in [-0.25, -0.2) is 0 Å². The average Bonchev–Trinajstić information content (AvgIpc) is 2.45. The Labute approximate surface area is 125 Å². The van der Waals surface area contributed by atoms with Crippen molar-refractivity contribution in [2.75, 3.05) is 18.1 Å². The molecule has 1 heterocycles. The van der Waals surface area contributed by atoms with Crippen LogP contribution in [0.1, 0.15) is 36.8 Å². The van der Waals surface area contributed by atoms with Gasteiger partial charge in [-0.3, -0.25) is 4.79 Å². The molecule has 1 aliphatic rings. The number of benzene rings is 1. The molecule has 1 unspecified atom stereocenters. The minimum Gasteiger partial charge on any atom is -0.380 e. The fourth-order valence-corrected chi connectivity index (χ4v) is 3.61. The number of rotatable bonds is 4. The highest BCUT2D eigenvalue weighted by molar-refractivity contribution is 7.99. The first-order chi connectivity index (χ1) is 9.51. The van der Waals surface area contributed by atoms with E-state index >= 15 is 0 Å². The molecule has 1 fully saturated rings. The molecule has 0 bridgehead atoms. The molecule has 20 heavy (non-hydrogen) atoms. The van der Waals surface area contributed by atoms with Crippen molar-refractivity contribution in [1.82, 2.24) is 5.32 Å². The minimum atomic E-state index is -1.16. The zero-order chi connectivity index (χ0) is 14.6. The summed E-state index contributed by atoms with van der Waals surface area (Å²) in [5, 5.41) is 13.3. The molecule has 0 spiro atoms. The van der Waals surface area contributed by atoms with Crippen LogP contribution in [-0.4, -0.2) is 34.7 Å². The summed E-state index contributed by atoms with van der Waals surface area (Å²) in [5.74, 6) is 1.76. The third-order valence-electron chi connectivity index (χ3n) is 3.92. The van der Waals surface area contributed by atoms with Crippen molar-refractivity contribution in [1.29, 1.82) is 0 Å². The fraction of sp³-hybridized carbons (Fsp3) is 0.562. The summed E-state index contributed by atoms with van der Waals surface area (Å²) in [7, 11) is 0. The highest BCUT2D eigenvalue weighted by atomic mass is 32.2. The van der Waals surface area contributed by atoms with Crippen LogP contribution in [0.4, 0.5) is 0 Å². The predicted molar refractivity (Wildman–Crippen MR) is 84.1 cm³/mol. The lowest BCUT2D eigenvalue weighted by molar-refractivity contribution is -0.140. The van der Waals surface area contributed by atoms with Crippen molar-refractivity contribution in [3.63, 3.8) is 0 Å². The Morgan fingerprint density at radius 3 is 2.80 bits per heavy atom. The van der Waals surface area contributed by atoms with Gasteiger partial charge in [0.15, 0.2) is 0 Å². The molecule has 0 aliphatic carbocycles. The largest absolute Gasteiger partial charge is 0.380 e. The molecule has 2 N–H and O–H groups in total. The van der Waals surface area contributed by atoms with Crippen LogP contribution in [-0.2, 0) is 4.79 Å².